The number of aryl methyl sites for hydroxylation is 3. The minimum atomic E-state index is -0.227. The maximum Gasteiger partial charge on any atom is 0.274 e. The van der Waals surface area contributed by atoms with Crippen molar-refractivity contribution >= 4 is 27.5 Å². The van der Waals surface area contributed by atoms with Crippen LogP contribution in [0.15, 0.2) is 28.7 Å². The van der Waals surface area contributed by atoms with Crippen molar-refractivity contribution in [1.82, 2.24) is 9.97 Å². The summed E-state index contributed by atoms with van der Waals surface area (Å²) in [6, 6.07) is 7.33. The molecule has 1 N–H and O–H groups in total. The van der Waals surface area contributed by atoms with Gasteiger partial charge in [-0.2, -0.15) is 0 Å². The van der Waals surface area contributed by atoms with E-state index in [4.69, 9.17) is 0 Å². The smallest absolute Gasteiger partial charge is 0.274 e. The molecule has 5 heteroatoms. The van der Waals surface area contributed by atoms with E-state index in [-0.39, 0.29) is 5.91 Å². The van der Waals surface area contributed by atoms with Crippen LogP contribution in [0.2, 0.25) is 0 Å². The number of amides is 1. The monoisotopic (exact) mass is 319 g/mol. The molecule has 0 bridgehead atoms. The van der Waals surface area contributed by atoms with Crippen molar-refractivity contribution in [1.29, 1.82) is 0 Å². The zero-order chi connectivity index (χ0) is 14.0. The highest BCUT2D eigenvalue weighted by molar-refractivity contribution is 9.10. The molecule has 0 saturated carbocycles. The van der Waals surface area contributed by atoms with Gasteiger partial charge in [-0.05, 0) is 50.6 Å². The zero-order valence-corrected chi connectivity index (χ0v) is 12.6. The first-order valence-electron chi connectivity index (χ1n) is 5.85. The van der Waals surface area contributed by atoms with Crippen LogP contribution >= 0.6 is 15.9 Å². The lowest BCUT2D eigenvalue weighted by Gasteiger charge is -2.07. The Morgan fingerprint density at radius 2 is 1.89 bits per heavy atom. The lowest BCUT2D eigenvalue weighted by atomic mass is 10.2. The fourth-order valence-electron chi connectivity index (χ4n) is 1.75. The predicted octanol–water partition coefficient (Wildman–Crippen LogP) is 3.42. The highest BCUT2D eigenvalue weighted by Crippen LogP contribution is 2.20. The molecule has 0 saturated heterocycles. The third-order valence-corrected chi connectivity index (χ3v) is 3.50. The molecule has 0 unspecified atom stereocenters. The van der Waals surface area contributed by atoms with Crippen LogP contribution in [0, 0.1) is 20.8 Å². The summed E-state index contributed by atoms with van der Waals surface area (Å²) in [5.74, 6) is 0.368. The van der Waals surface area contributed by atoms with Crippen LogP contribution in [-0.2, 0) is 0 Å². The van der Waals surface area contributed by atoms with E-state index in [1.807, 2.05) is 32.0 Å². The summed E-state index contributed by atoms with van der Waals surface area (Å²) in [6.45, 7) is 5.58. The number of halogens is 1. The van der Waals surface area contributed by atoms with Gasteiger partial charge in [-0.15, -0.1) is 0 Å². The Morgan fingerprint density at radius 3 is 2.53 bits per heavy atom. The quantitative estimate of drug-likeness (QED) is 0.922. The Labute approximate surface area is 120 Å². The SMILES string of the molecule is Cc1cc(C(=O)Nc2ccc(Br)c(C)c2)nc(C)n1. The van der Waals surface area contributed by atoms with E-state index in [1.54, 1.807) is 13.0 Å². The molecular formula is C14H14BrN3O. The summed E-state index contributed by atoms with van der Waals surface area (Å²) in [4.78, 5) is 20.4. The molecule has 1 aromatic heterocycles. The number of rotatable bonds is 2. The second-order valence-electron chi connectivity index (χ2n) is 4.36. The maximum absolute atomic E-state index is 12.1. The molecule has 0 aliphatic rings. The molecule has 0 fully saturated rings. The number of hydrogen-bond acceptors (Lipinski definition) is 3. The second-order valence-corrected chi connectivity index (χ2v) is 5.21. The standard InChI is InChI=1S/C14H14BrN3O/c1-8-6-11(4-5-12(8)15)18-14(19)13-7-9(2)16-10(3)17-13/h4-7H,1-3H3,(H,18,19). The number of benzene rings is 1. The summed E-state index contributed by atoms with van der Waals surface area (Å²) in [5, 5.41) is 2.83. The van der Waals surface area contributed by atoms with E-state index < -0.39 is 0 Å². The first kappa shape index (κ1) is 13.7. The Kier molecular flexibility index (Phi) is 3.95. The first-order valence-corrected chi connectivity index (χ1v) is 6.65. The molecule has 1 aromatic carbocycles. The molecule has 98 valence electrons. The van der Waals surface area contributed by atoms with Gasteiger partial charge < -0.3 is 5.32 Å². The molecule has 1 heterocycles. The molecule has 0 atom stereocenters. The average Bonchev–Trinajstić information content (AvgIpc) is 2.32. The van der Waals surface area contributed by atoms with Crippen molar-refractivity contribution in [3.63, 3.8) is 0 Å². The molecule has 4 nitrogen and oxygen atoms in total. The minimum absolute atomic E-state index is 0.227. The normalized spacial score (nSPS) is 10.3. The fraction of sp³-hybridized carbons (Fsp3) is 0.214. The van der Waals surface area contributed by atoms with Gasteiger partial charge in [-0.25, -0.2) is 9.97 Å². The third-order valence-electron chi connectivity index (χ3n) is 2.61. The molecule has 0 spiro atoms. The molecule has 0 aliphatic carbocycles. The second kappa shape index (κ2) is 5.48. The van der Waals surface area contributed by atoms with Crippen molar-refractivity contribution in [2.24, 2.45) is 0 Å². The molecule has 2 rings (SSSR count). The van der Waals surface area contributed by atoms with Crippen LogP contribution in [0.3, 0.4) is 0 Å². The van der Waals surface area contributed by atoms with Crippen molar-refractivity contribution in [3.8, 4) is 0 Å². The van der Waals surface area contributed by atoms with Crippen LogP contribution in [0.25, 0.3) is 0 Å². The van der Waals surface area contributed by atoms with E-state index in [1.165, 1.54) is 0 Å². The zero-order valence-electron chi connectivity index (χ0n) is 11.0. The van der Waals surface area contributed by atoms with Gasteiger partial charge in [0.15, 0.2) is 0 Å². The van der Waals surface area contributed by atoms with E-state index in [0.29, 0.717) is 11.5 Å². The predicted molar refractivity (Wildman–Crippen MR) is 78.3 cm³/mol. The van der Waals surface area contributed by atoms with E-state index >= 15 is 0 Å². The number of anilines is 1. The van der Waals surface area contributed by atoms with Crippen molar-refractivity contribution < 1.29 is 4.79 Å². The number of hydrogen-bond donors (Lipinski definition) is 1. The Bertz CT molecular complexity index is 620. The number of aromatic nitrogens is 2. The van der Waals surface area contributed by atoms with Crippen LogP contribution in [0.1, 0.15) is 27.6 Å². The summed E-state index contributed by atoms with van der Waals surface area (Å²) >= 11 is 3.43. The Morgan fingerprint density at radius 1 is 1.16 bits per heavy atom. The van der Waals surface area contributed by atoms with Gasteiger partial charge >= 0.3 is 0 Å². The lowest BCUT2D eigenvalue weighted by Crippen LogP contribution is -2.15. The van der Waals surface area contributed by atoms with E-state index in [2.05, 4.69) is 31.2 Å². The summed E-state index contributed by atoms with van der Waals surface area (Å²) in [5.41, 5.74) is 2.97. The highest BCUT2D eigenvalue weighted by atomic mass is 79.9. The highest BCUT2D eigenvalue weighted by Gasteiger charge is 2.10. The number of nitrogens with one attached hydrogen (secondary N) is 1. The largest absolute Gasteiger partial charge is 0.321 e. The summed E-state index contributed by atoms with van der Waals surface area (Å²) < 4.78 is 1.01. The summed E-state index contributed by atoms with van der Waals surface area (Å²) in [7, 11) is 0. The van der Waals surface area contributed by atoms with Crippen LogP contribution in [-0.4, -0.2) is 15.9 Å². The van der Waals surface area contributed by atoms with Gasteiger partial charge in [0.1, 0.15) is 11.5 Å². The minimum Gasteiger partial charge on any atom is -0.321 e. The first-order chi connectivity index (χ1) is 8.95. The van der Waals surface area contributed by atoms with Gasteiger partial charge in [0, 0.05) is 15.9 Å². The van der Waals surface area contributed by atoms with Crippen LogP contribution < -0.4 is 5.32 Å². The molecular weight excluding hydrogens is 306 g/mol. The Balaban J connectivity index is 2.22. The molecule has 0 radical (unpaired) electrons. The third kappa shape index (κ3) is 3.38. The topological polar surface area (TPSA) is 54.9 Å². The molecule has 1 amide bonds. The van der Waals surface area contributed by atoms with Crippen LogP contribution in [0.5, 0.6) is 0 Å². The van der Waals surface area contributed by atoms with Gasteiger partial charge in [-0.1, -0.05) is 15.9 Å². The Hall–Kier alpha value is -1.75. The van der Waals surface area contributed by atoms with Crippen molar-refractivity contribution in [2.45, 2.75) is 20.8 Å². The van der Waals surface area contributed by atoms with Gasteiger partial charge in [0.05, 0.1) is 0 Å². The lowest BCUT2D eigenvalue weighted by molar-refractivity contribution is 0.102. The van der Waals surface area contributed by atoms with E-state index in [0.717, 1.165) is 21.4 Å². The summed E-state index contributed by atoms with van der Waals surface area (Å²) in [6.07, 6.45) is 0. The van der Waals surface area contributed by atoms with Crippen molar-refractivity contribution in [2.75, 3.05) is 5.32 Å². The van der Waals surface area contributed by atoms with E-state index in [9.17, 15) is 4.79 Å². The van der Waals surface area contributed by atoms with Gasteiger partial charge in [-0.3, -0.25) is 4.79 Å². The average molecular weight is 320 g/mol. The molecule has 19 heavy (non-hydrogen) atoms. The molecule has 0 aliphatic heterocycles. The van der Waals surface area contributed by atoms with Crippen LogP contribution in [0.4, 0.5) is 5.69 Å². The number of nitrogens with zero attached hydrogens (tertiary/aromatic N) is 2. The maximum atomic E-state index is 12.1. The van der Waals surface area contributed by atoms with Gasteiger partial charge in [0.25, 0.3) is 5.91 Å². The number of carbonyl (C=O) groups is 1. The molecule has 2 aromatic rings. The van der Waals surface area contributed by atoms with Gasteiger partial charge in [0.2, 0.25) is 0 Å². The fourth-order valence-corrected chi connectivity index (χ4v) is 2.00. The van der Waals surface area contributed by atoms with Crippen molar-refractivity contribution in [3.05, 3.63) is 51.5 Å². The number of carbonyl (C=O) groups excluding carboxylic acids is 1.